The first-order chi connectivity index (χ1) is 11.5. The molecule has 0 saturated heterocycles. The highest BCUT2D eigenvalue weighted by Gasteiger charge is 2.25. The van der Waals surface area contributed by atoms with Crippen molar-refractivity contribution in [2.75, 3.05) is 0 Å². The lowest BCUT2D eigenvalue weighted by Gasteiger charge is -2.21. The first kappa shape index (κ1) is 19.5. The topological polar surface area (TPSA) is 9.23 Å². The van der Waals surface area contributed by atoms with Gasteiger partial charge in [0.1, 0.15) is 27.3 Å². The highest BCUT2D eigenvalue weighted by molar-refractivity contribution is 7.79. The van der Waals surface area contributed by atoms with Crippen molar-refractivity contribution < 1.29 is 17.1 Å². The molecule has 3 rings (SSSR count). The third kappa shape index (κ3) is 5.33. The quantitative estimate of drug-likeness (QED) is 0.630. The molecule has 0 aliphatic carbocycles. The Hall–Kier alpha value is -1.82. The van der Waals surface area contributed by atoms with Gasteiger partial charge < -0.3 is 17.1 Å². The molecular formula is C22H24ClOP. The fourth-order valence-corrected chi connectivity index (χ4v) is 5.30. The van der Waals surface area contributed by atoms with Crippen LogP contribution in [0.4, 0.5) is 0 Å². The molecule has 130 valence electrons. The zero-order valence-electron chi connectivity index (χ0n) is 14.9. The van der Waals surface area contributed by atoms with E-state index in [9.17, 15) is 0 Å². The maximum absolute atomic E-state index is 5.96. The smallest absolute Gasteiger partial charge is 0.120 e. The molecular weight excluding hydrogens is 347 g/mol. The van der Waals surface area contributed by atoms with E-state index in [1.165, 1.54) is 15.9 Å². The van der Waals surface area contributed by atoms with Crippen LogP contribution < -0.4 is 33.1 Å². The molecule has 25 heavy (non-hydrogen) atoms. The second kappa shape index (κ2) is 8.52. The summed E-state index contributed by atoms with van der Waals surface area (Å²) in [5, 5.41) is 4.18. The van der Waals surface area contributed by atoms with E-state index in [2.05, 4.69) is 106 Å². The van der Waals surface area contributed by atoms with Gasteiger partial charge in [0, 0.05) is 0 Å². The summed E-state index contributed by atoms with van der Waals surface area (Å²) in [4.78, 5) is 0. The first-order valence-corrected chi connectivity index (χ1v) is 9.80. The molecule has 0 aliphatic heterocycles. The Balaban J connectivity index is 0.00000225. The van der Waals surface area contributed by atoms with E-state index in [4.69, 9.17) is 4.74 Å². The summed E-state index contributed by atoms with van der Waals surface area (Å²) in [6, 6.07) is 30.2. The second-order valence-electron chi connectivity index (χ2n) is 6.85. The van der Waals surface area contributed by atoms with Crippen molar-refractivity contribution in [1.82, 2.24) is 0 Å². The number of ether oxygens (including phenoxy) is 1. The monoisotopic (exact) mass is 370 g/mol. The number of halogens is 1. The van der Waals surface area contributed by atoms with Gasteiger partial charge in [-0.05, 0) is 69.3 Å². The Morgan fingerprint density at radius 2 is 1.00 bits per heavy atom. The van der Waals surface area contributed by atoms with E-state index in [0.29, 0.717) is 0 Å². The molecule has 0 amide bonds. The van der Waals surface area contributed by atoms with Gasteiger partial charge in [0.05, 0.1) is 7.92 Å². The number of hydrogen-bond donors (Lipinski definition) is 0. The average Bonchev–Trinajstić information content (AvgIpc) is 2.57. The van der Waals surface area contributed by atoms with Crippen molar-refractivity contribution in [3.8, 4) is 5.75 Å². The minimum absolute atomic E-state index is 0. The molecule has 0 bridgehead atoms. The standard InChI is InChI=1S/C22H23OP.ClH/c1-22(2,3)23-18-14-16-21(17-15-18)24(19-10-6-4-7-11-19)20-12-8-5-9-13-20;/h4-17H,1-3H3;1H. The molecule has 0 fully saturated rings. The van der Waals surface area contributed by atoms with E-state index in [1.807, 2.05) is 0 Å². The van der Waals surface area contributed by atoms with Crippen LogP contribution >= 0.6 is 7.92 Å². The van der Waals surface area contributed by atoms with Crippen LogP contribution in [0.5, 0.6) is 5.75 Å². The van der Waals surface area contributed by atoms with E-state index in [1.54, 1.807) is 0 Å². The van der Waals surface area contributed by atoms with Gasteiger partial charge in [0.15, 0.2) is 0 Å². The zero-order chi connectivity index (χ0) is 17.0. The highest BCUT2D eigenvalue weighted by Crippen LogP contribution is 2.33. The van der Waals surface area contributed by atoms with Gasteiger partial charge in [-0.15, -0.1) is 0 Å². The number of hydrogen-bond acceptors (Lipinski definition) is 1. The molecule has 0 N–H and O–H groups in total. The van der Waals surface area contributed by atoms with E-state index in [0.717, 1.165) is 5.75 Å². The van der Waals surface area contributed by atoms with Gasteiger partial charge in [0.2, 0.25) is 0 Å². The van der Waals surface area contributed by atoms with Gasteiger partial charge in [-0.2, -0.15) is 0 Å². The molecule has 3 aromatic carbocycles. The van der Waals surface area contributed by atoms with Crippen molar-refractivity contribution in [2.24, 2.45) is 0 Å². The second-order valence-corrected chi connectivity index (χ2v) is 9.33. The largest absolute Gasteiger partial charge is 1.00 e. The Bertz CT molecular complexity index is 725. The van der Waals surface area contributed by atoms with Crippen LogP contribution in [0.1, 0.15) is 20.8 Å². The maximum Gasteiger partial charge on any atom is 0.120 e. The Morgan fingerprint density at radius 1 is 0.600 bits per heavy atom. The van der Waals surface area contributed by atoms with E-state index >= 15 is 0 Å². The predicted molar refractivity (Wildman–Crippen MR) is 107 cm³/mol. The lowest BCUT2D eigenvalue weighted by Crippen LogP contribution is -3.00. The fraction of sp³-hybridized carbons (Fsp3) is 0.182. The lowest BCUT2D eigenvalue weighted by molar-refractivity contribution is -0.00000855. The van der Waals surface area contributed by atoms with E-state index < -0.39 is 7.92 Å². The minimum atomic E-state index is -0.992. The third-order valence-electron chi connectivity index (χ3n) is 3.69. The summed E-state index contributed by atoms with van der Waals surface area (Å²) in [5.41, 5.74) is -0.172. The molecule has 0 radical (unpaired) electrons. The predicted octanol–water partition coefficient (Wildman–Crippen LogP) is 1.36. The summed E-state index contributed by atoms with van der Waals surface area (Å²) in [6.45, 7) is 6.22. The molecule has 0 heterocycles. The minimum Gasteiger partial charge on any atom is -1.00 e. The van der Waals surface area contributed by atoms with Crippen molar-refractivity contribution in [1.29, 1.82) is 0 Å². The van der Waals surface area contributed by atoms with Crippen LogP contribution in [0.2, 0.25) is 0 Å². The van der Waals surface area contributed by atoms with Gasteiger partial charge >= 0.3 is 0 Å². The fourth-order valence-electron chi connectivity index (χ4n) is 2.75. The molecule has 3 aromatic rings. The Morgan fingerprint density at radius 3 is 1.40 bits per heavy atom. The van der Waals surface area contributed by atoms with Crippen LogP contribution in [0, 0.1) is 0 Å². The van der Waals surface area contributed by atoms with E-state index in [-0.39, 0.29) is 18.0 Å². The summed E-state index contributed by atoms with van der Waals surface area (Å²) >= 11 is 0. The molecule has 0 unspecified atom stereocenters. The summed E-state index contributed by atoms with van der Waals surface area (Å²) in [7, 11) is -0.992. The Kier molecular flexibility index (Phi) is 6.64. The van der Waals surface area contributed by atoms with Gasteiger partial charge in [-0.3, -0.25) is 0 Å². The van der Waals surface area contributed by atoms with Gasteiger partial charge in [0.25, 0.3) is 0 Å². The van der Waals surface area contributed by atoms with Crippen molar-refractivity contribution in [3.63, 3.8) is 0 Å². The van der Waals surface area contributed by atoms with Crippen LogP contribution in [-0.4, -0.2) is 5.60 Å². The van der Waals surface area contributed by atoms with Crippen molar-refractivity contribution in [3.05, 3.63) is 84.9 Å². The van der Waals surface area contributed by atoms with Crippen LogP contribution in [0.15, 0.2) is 84.9 Å². The molecule has 0 spiro atoms. The Labute approximate surface area is 158 Å². The number of rotatable bonds is 4. The summed E-state index contributed by atoms with van der Waals surface area (Å²) < 4.78 is 5.96. The molecule has 0 atom stereocenters. The molecule has 0 aromatic heterocycles. The van der Waals surface area contributed by atoms with Crippen LogP contribution in [0.3, 0.4) is 0 Å². The number of benzene rings is 3. The molecule has 0 saturated carbocycles. The first-order valence-electron chi connectivity index (χ1n) is 8.30. The van der Waals surface area contributed by atoms with Crippen molar-refractivity contribution in [2.45, 2.75) is 26.4 Å². The zero-order valence-corrected chi connectivity index (χ0v) is 16.6. The summed E-state index contributed by atoms with van der Waals surface area (Å²) in [6.07, 6.45) is 0. The molecule has 0 aliphatic rings. The van der Waals surface area contributed by atoms with Gasteiger partial charge in [-0.25, -0.2) is 0 Å². The molecule has 1 nitrogen and oxygen atoms in total. The van der Waals surface area contributed by atoms with Crippen LogP contribution in [0.25, 0.3) is 0 Å². The third-order valence-corrected chi connectivity index (χ3v) is 6.42. The molecule has 3 heteroatoms. The normalized spacial score (nSPS) is 11.0. The van der Waals surface area contributed by atoms with Gasteiger partial charge in [-0.1, -0.05) is 36.4 Å². The van der Waals surface area contributed by atoms with Crippen molar-refractivity contribution >= 4 is 23.8 Å². The van der Waals surface area contributed by atoms with Crippen LogP contribution in [-0.2, 0) is 0 Å². The maximum atomic E-state index is 5.96. The SMILES string of the molecule is CC(C)(C)Oc1ccc([PH+](c2ccccc2)c2ccccc2)cc1.[Cl-]. The highest BCUT2D eigenvalue weighted by atomic mass is 35.5. The average molecular weight is 371 g/mol. The summed E-state index contributed by atoms with van der Waals surface area (Å²) in [5.74, 6) is 0.925. The lowest BCUT2D eigenvalue weighted by atomic mass is 10.2.